The molecule has 0 radical (unpaired) electrons. The van der Waals surface area contributed by atoms with Crippen molar-refractivity contribution in [3.8, 4) is 0 Å². The number of hydrogen-bond donors (Lipinski definition) is 1. The predicted molar refractivity (Wildman–Crippen MR) is 85.9 cm³/mol. The number of hydrogen-bond acceptors (Lipinski definition) is 7. The Hall–Kier alpha value is -2.58. The Balaban J connectivity index is 1.94. The maximum Gasteiger partial charge on any atom is 0.175 e. The predicted octanol–water partition coefficient (Wildman–Crippen LogP) is 1.36. The number of aromatic nitrogens is 5. The molecule has 3 aromatic heterocycles. The van der Waals surface area contributed by atoms with Gasteiger partial charge in [0.05, 0.1) is 25.7 Å². The fourth-order valence-corrected chi connectivity index (χ4v) is 2.56. The zero-order valence-corrected chi connectivity index (χ0v) is 13.7. The van der Waals surface area contributed by atoms with E-state index in [1.807, 2.05) is 18.2 Å². The Morgan fingerprint density at radius 2 is 2.12 bits per heavy atom. The summed E-state index contributed by atoms with van der Waals surface area (Å²) in [5, 5.41) is 15.7. The van der Waals surface area contributed by atoms with Crippen molar-refractivity contribution in [2.75, 3.05) is 13.7 Å². The SMILES string of the molecule is COCCn1nnnc1C(C)(NCc1ccoc1)c1ccncc1. The molecule has 0 aliphatic heterocycles. The van der Waals surface area contributed by atoms with Crippen molar-refractivity contribution in [2.24, 2.45) is 0 Å². The third-order valence-electron chi connectivity index (χ3n) is 3.97. The molecule has 0 aliphatic carbocycles. The van der Waals surface area contributed by atoms with Crippen molar-refractivity contribution in [1.29, 1.82) is 0 Å². The highest BCUT2D eigenvalue weighted by atomic mass is 16.5. The van der Waals surface area contributed by atoms with Gasteiger partial charge in [-0.05, 0) is 41.1 Å². The molecule has 3 aromatic rings. The molecule has 0 amide bonds. The van der Waals surface area contributed by atoms with Crippen LogP contribution in [0.1, 0.15) is 23.9 Å². The molecule has 3 heterocycles. The van der Waals surface area contributed by atoms with Gasteiger partial charge < -0.3 is 9.15 Å². The molecule has 8 nitrogen and oxygen atoms in total. The lowest BCUT2D eigenvalue weighted by molar-refractivity contribution is 0.179. The van der Waals surface area contributed by atoms with Crippen molar-refractivity contribution < 1.29 is 9.15 Å². The second kappa shape index (κ2) is 7.33. The average Bonchev–Trinajstić information content (AvgIpc) is 3.30. The highest BCUT2D eigenvalue weighted by Gasteiger charge is 2.34. The Morgan fingerprint density at radius 3 is 2.83 bits per heavy atom. The maximum absolute atomic E-state index is 5.15. The first-order chi connectivity index (χ1) is 11.7. The van der Waals surface area contributed by atoms with E-state index in [1.165, 1.54) is 0 Å². The monoisotopic (exact) mass is 328 g/mol. The Kier molecular flexibility index (Phi) is 4.97. The number of rotatable bonds is 8. The van der Waals surface area contributed by atoms with Crippen molar-refractivity contribution in [3.63, 3.8) is 0 Å². The fourth-order valence-electron chi connectivity index (χ4n) is 2.56. The van der Waals surface area contributed by atoms with Gasteiger partial charge in [0.1, 0.15) is 5.54 Å². The van der Waals surface area contributed by atoms with Gasteiger partial charge >= 0.3 is 0 Å². The molecule has 0 bridgehead atoms. The minimum atomic E-state index is -0.586. The molecule has 1 N–H and O–H groups in total. The molecule has 0 saturated carbocycles. The van der Waals surface area contributed by atoms with Crippen LogP contribution >= 0.6 is 0 Å². The highest BCUT2D eigenvalue weighted by Crippen LogP contribution is 2.27. The number of furan rings is 1. The summed E-state index contributed by atoms with van der Waals surface area (Å²) in [7, 11) is 1.66. The van der Waals surface area contributed by atoms with Gasteiger partial charge in [0.25, 0.3) is 0 Å². The van der Waals surface area contributed by atoms with Crippen LogP contribution in [0.25, 0.3) is 0 Å². The summed E-state index contributed by atoms with van der Waals surface area (Å²) < 4.78 is 12.0. The van der Waals surface area contributed by atoms with Crippen molar-refractivity contribution >= 4 is 0 Å². The minimum Gasteiger partial charge on any atom is -0.472 e. The number of methoxy groups -OCH3 is 1. The number of ether oxygens (including phenoxy) is 1. The van der Waals surface area contributed by atoms with Gasteiger partial charge in [-0.25, -0.2) is 4.68 Å². The third kappa shape index (κ3) is 3.34. The molecule has 0 saturated heterocycles. The molecule has 8 heteroatoms. The molecule has 0 aliphatic rings. The number of nitrogens with zero attached hydrogens (tertiary/aromatic N) is 5. The van der Waals surface area contributed by atoms with E-state index in [0.717, 1.165) is 11.1 Å². The van der Waals surface area contributed by atoms with E-state index in [0.29, 0.717) is 25.5 Å². The molecule has 0 spiro atoms. The van der Waals surface area contributed by atoms with E-state index in [-0.39, 0.29) is 0 Å². The van der Waals surface area contributed by atoms with E-state index in [9.17, 15) is 0 Å². The van der Waals surface area contributed by atoms with E-state index < -0.39 is 5.54 Å². The third-order valence-corrected chi connectivity index (χ3v) is 3.97. The van der Waals surface area contributed by atoms with Gasteiger partial charge in [-0.2, -0.15) is 0 Å². The van der Waals surface area contributed by atoms with Crippen LogP contribution in [-0.2, 0) is 23.4 Å². The van der Waals surface area contributed by atoms with Gasteiger partial charge in [0, 0.05) is 31.6 Å². The van der Waals surface area contributed by atoms with Crippen molar-refractivity contribution in [2.45, 2.75) is 25.6 Å². The Bertz CT molecular complexity index is 743. The van der Waals surface area contributed by atoms with Gasteiger partial charge in [-0.3, -0.25) is 10.3 Å². The molecular weight excluding hydrogens is 308 g/mol. The lowest BCUT2D eigenvalue weighted by atomic mass is 9.91. The van der Waals surface area contributed by atoms with Crippen LogP contribution in [-0.4, -0.2) is 38.9 Å². The summed E-state index contributed by atoms with van der Waals surface area (Å²) in [4.78, 5) is 4.10. The lowest BCUT2D eigenvalue weighted by Crippen LogP contribution is -2.43. The van der Waals surface area contributed by atoms with Crippen LogP contribution in [0.2, 0.25) is 0 Å². The first-order valence-corrected chi connectivity index (χ1v) is 7.66. The zero-order valence-electron chi connectivity index (χ0n) is 13.7. The van der Waals surface area contributed by atoms with Gasteiger partial charge in [0.2, 0.25) is 0 Å². The molecule has 1 atom stereocenters. The lowest BCUT2D eigenvalue weighted by Gasteiger charge is -2.30. The van der Waals surface area contributed by atoms with Gasteiger partial charge in [0.15, 0.2) is 5.82 Å². The fraction of sp³-hybridized carbons (Fsp3) is 0.375. The normalized spacial score (nSPS) is 13.8. The summed E-state index contributed by atoms with van der Waals surface area (Å²) in [6.07, 6.45) is 6.89. The largest absolute Gasteiger partial charge is 0.472 e. The molecule has 3 rings (SSSR count). The number of tetrazole rings is 1. The van der Waals surface area contributed by atoms with E-state index in [2.05, 4.69) is 32.7 Å². The second-order valence-corrected chi connectivity index (χ2v) is 5.56. The summed E-state index contributed by atoms with van der Waals surface area (Å²) in [6, 6.07) is 5.84. The second-order valence-electron chi connectivity index (χ2n) is 5.56. The van der Waals surface area contributed by atoms with Crippen molar-refractivity contribution in [3.05, 3.63) is 60.1 Å². The van der Waals surface area contributed by atoms with Crippen LogP contribution in [0.4, 0.5) is 0 Å². The standard InChI is InChI=1S/C16H20N6O2/c1-16(14-3-6-17-7-4-14,18-11-13-5-9-24-12-13)15-19-20-21-22(15)8-10-23-2/h3-7,9,12,18H,8,10-11H2,1-2H3. The smallest absolute Gasteiger partial charge is 0.175 e. The summed E-state index contributed by atoms with van der Waals surface area (Å²) >= 11 is 0. The first kappa shape index (κ1) is 16.3. The zero-order chi connectivity index (χ0) is 16.8. The molecule has 0 fully saturated rings. The molecule has 0 aromatic carbocycles. The van der Waals surface area contributed by atoms with Crippen LogP contribution < -0.4 is 5.32 Å². The minimum absolute atomic E-state index is 0.534. The summed E-state index contributed by atoms with van der Waals surface area (Å²) in [5.41, 5.74) is 1.48. The molecule has 126 valence electrons. The topological polar surface area (TPSA) is 90.9 Å². The van der Waals surface area contributed by atoms with Crippen LogP contribution in [0.15, 0.2) is 47.5 Å². The highest BCUT2D eigenvalue weighted by molar-refractivity contribution is 5.29. The van der Waals surface area contributed by atoms with E-state index in [4.69, 9.17) is 9.15 Å². The van der Waals surface area contributed by atoms with Crippen molar-refractivity contribution in [1.82, 2.24) is 30.5 Å². The molecule has 24 heavy (non-hydrogen) atoms. The summed E-state index contributed by atoms with van der Waals surface area (Å²) in [6.45, 7) is 3.78. The van der Waals surface area contributed by atoms with E-state index in [1.54, 1.807) is 36.7 Å². The molecule has 1 unspecified atom stereocenters. The van der Waals surface area contributed by atoms with Gasteiger partial charge in [-0.15, -0.1) is 5.10 Å². The molecular formula is C16H20N6O2. The Morgan fingerprint density at radius 1 is 1.29 bits per heavy atom. The number of pyridine rings is 1. The Labute approximate surface area is 139 Å². The van der Waals surface area contributed by atoms with Gasteiger partial charge in [-0.1, -0.05) is 0 Å². The van der Waals surface area contributed by atoms with Crippen LogP contribution in [0.3, 0.4) is 0 Å². The average molecular weight is 328 g/mol. The van der Waals surface area contributed by atoms with Crippen LogP contribution in [0.5, 0.6) is 0 Å². The first-order valence-electron chi connectivity index (χ1n) is 7.66. The maximum atomic E-state index is 5.15. The van der Waals surface area contributed by atoms with Crippen LogP contribution in [0, 0.1) is 0 Å². The number of nitrogens with one attached hydrogen (secondary N) is 1. The quantitative estimate of drug-likeness (QED) is 0.667. The van der Waals surface area contributed by atoms with E-state index >= 15 is 0 Å². The summed E-state index contributed by atoms with van der Waals surface area (Å²) in [5.74, 6) is 0.717.